The maximum atomic E-state index is 13.3. The SMILES string of the molecule is CC(C)(C)C1CCc2c(sc(NC(=O)c3ccccc3)c2C(=O)Nc2ccccc2)C1. The molecule has 31 heavy (non-hydrogen) atoms. The van der Waals surface area contributed by atoms with Crippen molar-refractivity contribution in [2.45, 2.75) is 40.0 Å². The first-order chi connectivity index (χ1) is 14.8. The minimum Gasteiger partial charge on any atom is -0.322 e. The minimum atomic E-state index is -0.194. The second kappa shape index (κ2) is 8.67. The summed E-state index contributed by atoms with van der Waals surface area (Å²) in [5.41, 5.74) is 3.23. The molecule has 0 saturated heterocycles. The molecule has 2 N–H and O–H groups in total. The van der Waals surface area contributed by atoms with Crippen molar-refractivity contribution in [1.82, 2.24) is 0 Å². The van der Waals surface area contributed by atoms with Gasteiger partial charge in [-0.25, -0.2) is 0 Å². The number of para-hydroxylation sites is 1. The van der Waals surface area contributed by atoms with Crippen LogP contribution >= 0.6 is 11.3 Å². The first-order valence-electron chi connectivity index (χ1n) is 10.7. The number of amides is 2. The largest absolute Gasteiger partial charge is 0.322 e. The van der Waals surface area contributed by atoms with E-state index in [9.17, 15) is 9.59 Å². The molecular formula is C26H28N2O2S. The summed E-state index contributed by atoms with van der Waals surface area (Å²) in [5.74, 6) is 0.197. The molecule has 0 bridgehead atoms. The van der Waals surface area contributed by atoms with Gasteiger partial charge in [0.15, 0.2) is 0 Å². The third-order valence-corrected chi connectivity index (χ3v) is 7.18. The van der Waals surface area contributed by atoms with Gasteiger partial charge in [0.25, 0.3) is 11.8 Å². The van der Waals surface area contributed by atoms with Crippen LogP contribution in [0, 0.1) is 11.3 Å². The summed E-state index contributed by atoms with van der Waals surface area (Å²) in [7, 11) is 0. The third kappa shape index (κ3) is 4.72. The highest BCUT2D eigenvalue weighted by Crippen LogP contribution is 2.44. The van der Waals surface area contributed by atoms with Crippen LogP contribution in [0.2, 0.25) is 0 Å². The van der Waals surface area contributed by atoms with Crippen molar-refractivity contribution in [3.63, 3.8) is 0 Å². The van der Waals surface area contributed by atoms with E-state index in [0.717, 1.165) is 30.5 Å². The maximum absolute atomic E-state index is 13.3. The molecule has 1 unspecified atom stereocenters. The second-order valence-electron chi connectivity index (χ2n) is 9.15. The molecule has 0 fully saturated rings. The van der Waals surface area contributed by atoms with Crippen LogP contribution in [0.1, 0.15) is 58.3 Å². The van der Waals surface area contributed by atoms with Crippen molar-refractivity contribution in [2.75, 3.05) is 10.6 Å². The molecule has 0 radical (unpaired) electrons. The van der Waals surface area contributed by atoms with Crippen molar-refractivity contribution in [3.8, 4) is 0 Å². The van der Waals surface area contributed by atoms with Crippen molar-refractivity contribution in [2.24, 2.45) is 11.3 Å². The molecule has 0 spiro atoms. The van der Waals surface area contributed by atoms with Crippen LogP contribution in [-0.2, 0) is 12.8 Å². The van der Waals surface area contributed by atoms with Gasteiger partial charge in [-0.1, -0.05) is 57.2 Å². The second-order valence-corrected chi connectivity index (χ2v) is 10.3. The molecule has 0 saturated carbocycles. The number of anilines is 2. The Morgan fingerprint density at radius 2 is 1.55 bits per heavy atom. The van der Waals surface area contributed by atoms with Gasteiger partial charge in [0.05, 0.1) is 5.56 Å². The average Bonchev–Trinajstić information content (AvgIpc) is 3.11. The standard InChI is InChI=1S/C26H28N2O2S/c1-26(2,3)18-14-15-20-21(16-18)31-25(28-23(29)17-10-6-4-7-11-17)22(20)24(30)27-19-12-8-5-9-13-19/h4-13,18H,14-16H2,1-3H3,(H,27,30)(H,28,29). The number of hydrogen-bond acceptors (Lipinski definition) is 3. The van der Waals surface area contributed by atoms with E-state index in [-0.39, 0.29) is 17.2 Å². The van der Waals surface area contributed by atoms with E-state index in [2.05, 4.69) is 31.4 Å². The number of fused-ring (bicyclic) bond motifs is 1. The van der Waals surface area contributed by atoms with Gasteiger partial charge in [0, 0.05) is 16.1 Å². The summed E-state index contributed by atoms with van der Waals surface area (Å²) in [4.78, 5) is 27.4. The highest BCUT2D eigenvalue weighted by atomic mass is 32.1. The van der Waals surface area contributed by atoms with Crippen LogP contribution in [0.25, 0.3) is 0 Å². The Kier molecular flexibility index (Phi) is 5.96. The first kappa shape index (κ1) is 21.3. The van der Waals surface area contributed by atoms with Crippen molar-refractivity contribution in [3.05, 3.63) is 82.2 Å². The minimum absolute atomic E-state index is 0.165. The van der Waals surface area contributed by atoms with E-state index in [4.69, 9.17) is 0 Å². The van der Waals surface area contributed by atoms with Crippen LogP contribution < -0.4 is 10.6 Å². The first-order valence-corrected chi connectivity index (χ1v) is 11.5. The number of carbonyl (C=O) groups excluding carboxylic acids is 2. The normalized spacial score (nSPS) is 15.8. The number of benzene rings is 2. The highest BCUT2D eigenvalue weighted by molar-refractivity contribution is 7.17. The molecule has 2 amide bonds. The Bertz CT molecular complexity index is 1080. The third-order valence-electron chi connectivity index (χ3n) is 6.01. The molecule has 5 heteroatoms. The fourth-order valence-corrected chi connectivity index (χ4v) is 5.45. The average molecular weight is 433 g/mol. The van der Waals surface area contributed by atoms with Gasteiger partial charge < -0.3 is 10.6 Å². The van der Waals surface area contributed by atoms with E-state index < -0.39 is 0 Å². The summed E-state index contributed by atoms with van der Waals surface area (Å²) < 4.78 is 0. The van der Waals surface area contributed by atoms with Crippen molar-refractivity contribution >= 4 is 33.8 Å². The topological polar surface area (TPSA) is 58.2 Å². The van der Waals surface area contributed by atoms with E-state index in [1.165, 1.54) is 4.88 Å². The summed E-state index contributed by atoms with van der Waals surface area (Å²) in [5, 5.41) is 6.67. The molecule has 1 heterocycles. The lowest BCUT2D eigenvalue weighted by molar-refractivity contribution is 0.102. The molecule has 1 atom stereocenters. The van der Waals surface area contributed by atoms with E-state index in [1.807, 2.05) is 48.5 Å². The lowest BCUT2D eigenvalue weighted by Gasteiger charge is -2.33. The Morgan fingerprint density at radius 1 is 0.903 bits per heavy atom. The monoisotopic (exact) mass is 432 g/mol. The summed E-state index contributed by atoms with van der Waals surface area (Å²) >= 11 is 1.55. The van der Waals surface area contributed by atoms with Crippen LogP contribution in [0.4, 0.5) is 10.7 Å². The predicted octanol–water partition coefficient (Wildman–Crippen LogP) is 6.40. The number of carbonyl (C=O) groups is 2. The number of rotatable bonds is 4. The summed E-state index contributed by atoms with van der Waals surface area (Å²) in [6.07, 6.45) is 2.84. The smallest absolute Gasteiger partial charge is 0.258 e. The molecule has 160 valence electrons. The van der Waals surface area contributed by atoms with Crippen LogP contribution in [0.3, 0.4) is 0 Å². The molecule has 1 aliphatic carbocycles. The fraction of sp³-hybridized carbons (Fsp3) is 0.308. The lowest BCUT2D eigenvalue weighted by atomic mass is 9.72. The molecular weight excluding hydrogens is 404 g/mol. The molecule has 3 aromatic rings. The van der Waals surface area contributed by atoms with Gasteiger partial charge in [-0.05, 0) is 60.4 Å². The molecule has 1 aliphatic rings. The number of thiophene rings is 1. The molecule has 4 nitrogen and oxygen atoms in total. The molecule has 4 rings (SSSR count). The highest BCUT2D eigenvalue weighted by Gasteiger charge is 2.34. The maximum Gasteiger partial charge on any atom is 0.258 e. The van der Waals surface area contributed by atoms with Gasteiger partial charge in [-0.2, -0.15) is 0 Å². The molecule has 0 aliphatic heterocycles. The Balaban J connectivity index is 1.68. The van der Waals surface area contributed by atoms with Gasteiger partial charge in [0.2, 0.25) is 0 Å². The van der Waals surface area contributed by atoms with E-state index in [1.54, 1.807) is 23.5 Å². The Labute approximate surface area is 187 Å². The zero-order valence-corrected chi connectivity index (χ0v) is 19.0. The molecule has 2 aromatic carbocycles. The van der Waals surface area contributed by atoms with Crippen LogP contribution in [0.15, 0.2) is 60.7 Å². The fourth-order valence-electron chi connectivity index (χ4n) is 4.13. The zero-order valence-electron chi connectivity index (χ0n) is 18.2. The molecule has 1 aromatic heterocycles. The quantitative estimate of drug-likeness (QED) is 0.501. The van der Waals surface area contributed by atoms with E-state index in [0.29, 0.717) is 22.0 Å². The van der Waals surface area contributed by atoms with Gasteiger partial charge in [-0.15, -0.1) is 11.3 Å². The van der Waals surface area contributed by atoms with Gasteiger partial charge >= 0.3 is 0 Å². The van der Waals surface area contributed by atoms with Gasteiger partial charge in [0.1, 0.15) is 5.00 Å². The van der Waals surface area contributed by atoms with Crippen molar-refractivity contribution in [1.29, 1.82) is 0 Å². The van der Waals surface area contributed by atoms with Crippen LogP contribution in [0.5, 0.6) is 0 Å². The lowest BCUT2D eigenvalue weighted by Crippen LogP contribution is -2.27. The van der Waals surface area contributed by atoms with Crippen molar-refractivity contribution < 1.29 is 9.59 Å². The summed E-state index contributed by atoms with van der Waals surface area (Å²) in [6, 6.07) is 18.6. The van der Waals surface area contributed by atoms with Gasteiger partial charge in [-0.3, -0.25) is 9.59 Å². The van der Waals surface area contributed by atoms with Crippen LogP contribution in [-0.4, -0.2) is 11.8 Å². The van der Waals surface area contributed by atoms with E-state index >= 15 is 0 Å². The number of nitrogens with one attached hydrogen (secondary N) is 2. The number of hydrogen-bond donors (Lipinski definition) is 2. The Hall–Kier alpha value is -2.92. The Morgan fingerprint density at radius 3 is 2.19 bits per heavy atom. The summed E-state index contributed by atoms with van der Waals surface area (Å²) in [6.45, 7) is 6.83. The predicted molar refractivity (Wildman–Crippen MR) is 128 cm³/mol. The zero-order chi connectivity index (χ0) is 22.0.